The summed E-state index contributed by atoms with van der Waals surface area (Å²) in [4.78, 5) is 37.4. The molecule has 3 unspecified atom stereocenters. The number of hydrogen-bond acceptors (Lipinski definition) is 3. The Morgan fingerprint density at radius 1 is 0.600 bits per heavy atom. The Kier molecular flexibility index (Phi) is 11.2. The van der Waals surface area contributed by atoms with Crippen LogP contribution in [0.25, 0.3) is 0 Å². The van der Waals surface area contributed by atoms with Gasteiger partial charge in [0.2, 0.25) is 17.7 Å². The van der Waals surface area contributed by atoms with Crippen molar-refractivity contribution in [3.63, 3.8) is 0 Å². The zero-order valence-corrected chi connectivity index (χ0v) is 19.4. The summed E-state index contributed by atoms with van der Waals surface area (Å²) in [5.41, 5.74) is 1.67. The first kappa shape index (κ1) is 25.7. The quantitative estimate of drug-likeness (QED) is 0.401. The third kappa shape index (κ3) is 8.56. The molecule has 0 saturated heterocycles. The Bertz CT molecular complexity index is 610. The Morgan fingerprint density at radius 3 is 1.03 bits per heavy atom. The van der Waals surface area contributed by atoms with Crippen molar-refractivity contribution < 1.29 is 14.4 Å². The van der Waals surface area contributed by atoms with Gasteiger partial charge in [0.05, 0.1) is 0 Å². The van der Waals surface area contributed by atoms with Gasteiger partial charge in [0, 0.05) is 34.8 Å². The summed E-state index contributed by atoms with van der Waals surface area (Å²) in [6.45, 7) is 11.8. The van der Waals surface area contributed by atoms with E-state index in [1.807, 2.05) is 41.5 Å². The maximum atomic E-state index is 12.5. The lowest BCUT2D eigenvalue weighted by Gasteiger charge is -2.17. The van der Waals surface area contributed by atoms with Gasteiger partial charge < -0.3 is 16.0 Å². The predicted octanol–water partition coefficient (Wildman–Crippen LogP) is 5.81. The summed E-state index contributed by atoms with van der Waals surface area (Å²) in [6.07, 6.45) is 5.18. The number of hydrogen-bond donors (Lipinski definition) is 3. The van der Waals surface area contributed by atoms with Crippen LogP contribution in [0.1, 0.15) is 80.1 Å². The normalized spacial score (nSPS) is 13.8. The van der Waals surface area contributed by atoms with Crippen molar-refractivity contribution in [2.75, 3.05) is 16.0 Å². The van der Waals surface area contributed by atoms with Gasteiger partial charge >= 0.3 is 0 Å². The molecule has 0 radical (unpaired) electrons. The second-order valence-corrected chi connectivity index (χ2v) is 8.34. The minimum absolute atomic E-state index is 0.0729. The van der Waals surface area contributed by atoms with E-state index in [1.165, 1.54) is 0 Å². The smallest absolute Gasteiger partial charge is 0.227 e. The Morgan fingerprint density at radius 2 is 0.833 bits per heavy atom. The van der Waals surface area contributed by atoms with Gasteiger partial charge in [0.1, 0.15) is 0 Å². The molecule has 3 amide bonds. The van der Waals surface area contributed by atoms with Crippen LogP contribution in [0.4, 0.5) is 17.1 Å². The molecule has 0 aromatic heterocycles. The lowest BCUT2D eigenvalue weighted by Crippen LogP contribution is -2.23. The zero-order chi connectivity index (χ0) is 22.7. The molecule has 168 valence electrons. The third-order valence-electron chi connectivity index (χ3n) is 5.24. The van der Waals surface area contributed by atoms with E-state index in [2.05, 4.69) is 16.0 Å². The van der Waals surface area contributed by atoms with Gasteiger partial charge in [-0.1, -0.05) is 60.8 Å². The lowest BCUT2D eigenvalue weighted by atomic mass is 10.0. The SMILES string of the molecule is CCCC(C)C(=O)Nc1cc(NC(=O)C(C)CCC)cc(NC(=O)C(C)CCC)c1. The molecule has 0 bridgehead atoms. The fourth-order valence-corrected chi connectivity index (χ4v) is 3.33. The number of benzene rings is 1. The Labute approximate surface area is 181 Å². The highest BCUT2D eigenvalue weighted by atomic mass is 16.2. The van der Waals surface area contributed by atoms with Gasteiger partial charge in [-0.3, -0.25) is 14.4 Å². The number of nitrogens with one attached hydrogen (secondary N) is 3. The number of carbonyl (C=O) groups excluding carboxylic acids is 3. The summed E-state index contributed by atoms with van der Waals surface area (Å²) in [5.74, 6) is -0.551. The van der Waals surface area contributed by atoms with Crippen LogP contribution in [0.3, 0.4) is 0 Å². The molecule has 3 atom stereocenters. The molecule has 0 saturated carbocycles. The van der Waals surface area contributed by atoms with Crippen LogP contribution in [-0.4, -0.2) is 17.7 Å². The molecule has 0 heterocycles. The summed E-state index contributed by atoms with van der Waals surface area (Å²) in [7, 11) is 0. The fourth-order valence-electron chi connectivity index (χ4n) is 3.33. The molecule has 1 aromatic carbocycles. The van der Waals surface area contributed by atoms with Gasteiger partial charge in [-0.05, 0) is 37.5 Å². The van der Waals surface area contributed by atoms with Gasteiger partial charge in [0.25, 0.3) is 0 Å². The van der Waals surface area contributed by atoms with Crippen LogP contribution in [-0.2, 0) is 14.4 Å². The van der Waals surface area contributed by atoms with Crippen LogP contribution in [0.5, 0.6) is 0 Å². The van der Waals surface area contributed by atoms with Crippen molar-refractivity contribution in [2.24, 2.45) is 17.8 Å². The predicted molar refractivity (Wildman–Crippen MR) is 125 cm³/mol. The Balaban J connectivity index is 3.09. The highest BCUT2D eigenvalue weighted by Gasteiger charge is 2.17. The maximum Gasteiger partial charge on any atom is 0.227 e. The van der Waals surface area contributed by atoms with Crippen molar-refractivity contribution >= 4 is 34.8 Å². The summed E-state index contributed by atoms with van der Waals surface area (Å²) in [5, 5.41) is 8.76. The highest BCUT2D eigenvalue weighted by Crippen LogP contribution is 2.25. The van der Waals surface area contributed by atoms with Crippen molar-refractivity contribution in [3.05, 3.63) is 18.2 Å². The molecule has 0 fully saturated rings. The van der Waals surface area contributed by atoms with Gasteiger partial charge in [-0.15, -0.1) is 0 Å². The second kappa shape index (κ2) is 13.0. The maximum absolute atomic E-state index is 12.5. The van der Waals surface area contributed by atoms with Crippen molar-refractivity contribution in [3.8, 4) is 0 Å². The molecule has 0 spiro atoms. The van der Waals surface area contributed by atoms with E-state index < -0.39 is 0 Å². The fraction of sp³-hybridized carbons (Fsp3) is 0.625. The van der Waals surface area contributed by atoms with Crippen molar-refractivity contribution in [1.82, 2.24) is 0 Å². The molecule has 1 aromatic rings. The van der Waals surface area contributed by atoms with E-state index in [4.69, 9.17) is 0 Å². The molecule has 3 N–H and O–H groups in total. The lowest BCUT2D eigenvalue weighted by molar-refractivity contribution is -0.120. The minimum atomic E-state index is -0.111. The average molecular weight is 418 g/mol. The van der Waals surface area contributed by atoms with Crippen LogP contribution in [0.15, 0.2) is 18.2 Å². The summed E-state index contributed by atoms with van der Waals surface area (Å²) in [6, 6.07) is 5.20. The minimum Gasteiger partial charge on any atom is -0.326 e. The van der Waals surface area contributed by atoms with Gasteiger partial charge in [-0.2, -0.15) is 0 Å². The topological polar surface area (TPSA) is 87.3 Å². The average Bonchev–Trinajstić information content (AvgIpc) is 2.68. The van der Waals surface area contributed by atoms with E-state index in [9.17, 15) is 14.4 Å². The molecule has 0 aliphatic carbocycles. The summed E-state index contributed by atoms with van der Waals surface area (Å²) >= 11 is 0. The molecular formula is C24H39N3O3. The Hall–Kier alpha value is -2.37. The largest absolute Gasteiger partial charge is 0.326 e. The monoisotopic (exact) mass is 417 g/mol. The first-order valence-electron chi connectivity index (χ1n) is 11.3. The van der Waals surface area contributed by atoms with Crippen LogP contribution < -0.4 is 16.0 Å². The third-order valence-corrected chi connectivity index (χ3v) is 5.24. The highest BCUT2D eigenvalue weighted by molar-refractivity contribution is 5.99. The van der Waals surface area contributed by atoms with E-state index in [0.717, 1.165) is 38.5 Å². The number of amides is 3. The van der Waals surface area contributed by atoms with Gasteiger partial charge in [0.15, 0.2) is 0 Å². The molecule has 6 nitrogen and oxygen atoms in total. The molecule has 30 heavy (non-hydrogen) atoms. The van der Waals surface area contributed by atoms with E-state index in [-0.39, 0.29) is 35.5 Å². The standard InChI is InChI=1S/C24H39N3O3/c1-7-10-16(4)22(28)25-19-13-20(26-23(29)17(5)11-8-2)15-21(14-19)27-24(30)18(6)12-9-3/h13-18H,7-12H2,1-6H3,(H,25,28)(H,26,29)(H,27,30). The van der Waals surface area contributed by atoms with Crippen molar-refractivity contribution in [2.45, 2.75) is 80.1 Å². The molecular weight excluding hydrogens is 378 g/mol. The van der Waals surface area contributed by atoms with Gasteiger partial charge in [-0.25, -0.2) is 0 Å². The number of anilines is 3. The molecule has 6 heteroatoms. The number of rotatable bonds is 12. The van der Waals surface area contributed by atoms with Crippen molar-refractivity contribution in [1.29, 1.82) is 0 Å². The van der Waals surface area contributed by atoms with Crippen LogP contribution in [0.2, 0.25) is 0 Å². The number of carbonyl (C=O) groups is 3. The molecule has 1 rings (SSSR count). The zero-order valence-electron chi connectivity index (χ0n) is 19.4. The van der Waals surface area contributed by atoms with E-state index in [1.54, 1.807) is 18.2 Å². The first-order chi connectivity index (χ1) is 14.2. The van der Waals surface area contributed by atoms with E-state index >= 15 is 0 Å². The van der Waals surface area contributed by atoms with Crippen LogP contribution >= 0.6 is 0 Å². The van der Waals surface area contributed by atoms with E-state index in [0.29, 0.717) is 17.1 Å². The first-order valence-corrected chi connectivity index (χ1v) is 11.3. The van der Waals surface area contributed by atoms with Crippen LogP contribution in [0, 0.1) is 17.8 Å². The summed E-state index contributed by atoms with van der Waals surface area (Å²) < 4.78 is 0. The second-order valence-electron chi connectivity index (χ2n) is 8.34. The molecule has 0 aliphatic heterocycles. The molecule has 0 aliphatic rings.